The molecule has 0 bridgehead atoms. The van der Waals surface area contributed by atoms with Gasteiger partial charge in [-0.3, -0.25) is 0 Å². The largest absolute Gasteiger partial charge is 0.478 e. The van der Waals surface area contributed by atoms with Crippen molar-refractivity contribution in [3.8, 4) is 0 Å². The molecule has 1 N–H and O–H groups in total. The molecule has 0 unspecified atom stereocenters. The molecule has 110 valence electrons. The zero-order chi connectivity index (χ0) is 15.8. The van der Waals surface area contributed by atoms with Gasteiger partial charge in [-0.05, 0) is 24.3 Å². The van der Waals surface area contributed by atoms with Crippen LogP contribution in [0.4, 0.5) is 0 Å². The fourth-order valence-electron chi connectivity index (χ4n) is 1.41. The van der Waals surface area contributed by atoms with E-state index in [4.69, 9.17) is 5.11 Å². The third-order valence-corrected chi connectivity index (χ3v) is 3.22. The molecule has 21 heavy (non-hydrogen) atoms. The molecule has 0 spiro atoms. The Morgan fingerprint density at radius 1 is 0.905 bits per heavy atom. The molecule has 0 amide bonds. The van der Waals surface area contributed by atoms with E-state index in [1.807, 2.05) is 6.07 Å². The lowest BCUT2D eigenvalue weighted by Gasteiger charge is -2.00. The van der Waals surface area contributed by atoms with E-state index in [2.05, 4.69) is 30.0 Å². The summed E-state index contributed by atoms with van der Waals surface area (Å²) < 4.78 is 4.53. The first-order valence-corrected chi connectivity index (χ1v) is 6.74. The number of aromatic carboxylic acids is 1. The van der Waals surface area contributed by atoms with Crippen LogP contribution < -0.4 is 0 Å². The van der Waals surface area contributed by atoms with E-state index >= 15 is 0 Å². The van der Waals surface area contributed by atoms with Crippen molar-refractivity contribution in [2.75, 3.05) is 7.11 Å². The maximum Gasteiger partial charge on any atom is 0.338 e. The molecule has 4 nitrogen and oxygen atoms in total. The molecule has 0 atom stereocenters. The van der Waals surface area contributed by atoms with Crippen LogP contribution in [-0.4, -0.2) is 24.2 Å². The van der Waals surface area contributed by atoms with Crippen LogP contribution in [-0.2, 0) is 4.74 Å². The van der Waals surface area contributed by atoms with Crippen LogP contribution in [0.3, 0.4) is 0 Å². The topological polar surface area (TPSA) is 63.6 Å². The van der Waals surface area contributed by atoms with Crippen molar-refractivity contribution >= 4 is 37.2 Å². The molecular weight excluding hydrogens is 308 g/mol. The number of benzene rings is 2. The Morgan fingerprint density at radius 3 is 1.67 bits per heavy atom. The third-order valence-electron chi connectivity index (χ3n) is 2.44. The summed E-state index contributed by atoms with van der Waals surface area (Å²) in [5.41, 5.74) is 0.740. The Morgan fingerprint density at radius 2 is 1.33 bits per heavy atom. The minimum absolute atomic E-state index is 0.242. The first kappa shape index (κ1) is 17.1. The van der Waals surface area contributed by atoms with Gasteiger partial charge >= 0.3 is 11.9 Å². The fraction of sp³-hybridized carbons (Fsp3) is 0.0667. The van der Waals surface area contributed by atoms with E-state index in [1.54, 1.807) is 36.4 Å². The molecule has 0 heterocycles. The van der Waals surface area contributed by atoms with Crippen molar-refractivity contribution in [2.45, 2.75) is 9.79 Å². The monoisotopic (exact) mass is 322 g/mol. The van der Waals surface area contributed by atoms with Crippen molar-refractivity contribution < 1.29 is 19.4 Å². The van der Waals surface area contributed by atoms with Crippen molar-refractivity contribution in [2.24, 2.45) is 0 Å². The van der Waals surface area contributed by atoms with Crippen LogP contribution in [0.1, 0.15) is 20.7 Å². The molecule has 0 saturated carbocycles. The van der Waals surface area contributed by atoms with E-state index in [0.717, 1.165) is 0 Å². The van der Waals surface area contributed by atoms with E-state index < -0.39 is 5.97 Å². The zero-order valence-electron chi connectivity index (χ0n) is 11.2. The highest BCUT2D eigenvalue weighted by Crippen LogP contribution is 2.13. The van der Waals surface area contributed by atoms with Crippen molar-refractivity contribution in [3.05, 3.63) is 59.7 Å². The maximum atomic E-state index is 11.0. The second-order valence-corrected chi connectivity index (χ2v) is 4.79. The Balaban J connectivity index is 0.000000211. The zero-order valence-corrected chi connectivity index (χ0v) is 13.0. The summed E-state index contributed by atoms with van der Waals surface area (Å²) in [6.07, 6.45) is 0. The van der Waals surface area contributed by atoms with Gasteiger partial charge in [0.05, 0.1) is 18.2 Å². The third kappa shape index (κ3) is 5.17. The van der Waals surface area contributed by atoms with Crippen LogP contribution in [0, 0.1) is 0 Å². The van der Waals surface area contributed by atoms with Gasteiger partial charge in [0.25, 0.3) is 0 Å². The maximum absolute atomic E-state index is 11.0. The van der Waals surface area contributed by atoms with Gasteiger partial charge in [0.2, 0.25) is 0 Å². The average Bonchev–Trinajstić information content (AvgIpc) is 2.48. The summed E-state index contributed by atoms with van der Waals surface area (Å²) in [4.78, 5) is 22.5. The minimum atomic E-state index is -0.939. The first-order chi connectivity index (χ1) is 9.97. The molecule has 0 aromatic heterocycles. The van der Waals surface area contributed by atoms with Crippen molar-refractivity contribution in [3.63, 3.8) is 0 Å². The predicted octanol–water partition coefficient (Wildman–Crippen LogP) is 3.44. The molecule has 0 fully saturated rings. The van der Waals surface area contributed by atoms with E-state index in [1.165, 1.54) is 13.2 Å². The lowest BCUT2D eigenvalue weighted by atomic mass is 10.2. The summed E-state index contributed by atoms with van der Waals surface area (Å²) >= 11 is 8.05. The summed E-state index contributed by atoms with van der Waals surface area (Å²) in [5.74, 6) is -1.29. The summed E-state index contributed by atoms with van der Waals surface area (Å²) in [5, 5.41) is 8.52. The molecule has 2 aromatic rings. The number of methoxy groups -OCH3 is 1. The predicted molar refractivity (Wildman–Crippen MR) is 85.7 cm³/mol. The van der Waals surface area contributed by atoms with Gasteiger partial charge in [-0.15, -0.1) is 25.3 Å². The van der Waals surface area contributed by atoms with E-state index in [9.17, 15) is 9.59 Å². The van der Waals surface area contributed by atoms with E-state index in [0.29, 0.717) is 15.4 Å². The van der Waals surface area contributed by atoms with Gasteiger partial charge in [-0.2, -0.15) is 0 Å². The standard InChI is InChI=1S/C8H8O2S.C7H6O2S/c1-10-8(9)6-4-2-3-5-7(6)11;8-7(9)5-3-1-2-4-6(5)10/h2-5,11H,1H3;1-4,10H,(H,8,9). The molecular formula is C15H14O4S2. The highest BCUT2D eigenvalue weighted by atomic mass is 32.1. The van der Waals surface area contributed by atoms with Crippen LogP contribution >= 0.6 is 25.3 Å². The number of hydrogen-bond donors (Lipinski definition) is 3. The Labute approximate surface area is 133 Å². The number of esters is 1. The van der Waals surface area contributed by atoms with Crippen LogP contribution in [0.25, 0.3) is 0 Å². The second-order valence-electron chi connectivity index (χ2n) is 3.83. The number of carboxylic acid groups (broad SMARTS) is 1. The van der Waals surface area contributed by atoms with Crippen molar-refractivity contribution in [1.29, 1.82) is 0 Å². The van der Waals surface area contributed by atoms with Crippen molar-refractivity contribution in [1.82, 2.24) is 0 Å². The Hall–Kier alpha value is -1.92. The number of ether oxygens (including phenoxy) is 1. The van der Waals surface area contributed by atoms with Crippen LogP contribution in [0.15, 0.2) is 58.3 Å². The van der Waals surface area contributed by atoms with Gasteiger partial charge in [0, 0.05) is 9.79 Å². The average molecular weight is 322 g/mol. The number of hydrogen-bond acceptors (Lipinski definition) is 5. The highest BCUT2D eigenvalue weighted by Gasteiger charge is 2.06. The lowest BCUT2D eigenvalue weighted by Crippen LogP contribution is -2.01. The van der Waals surface area contributed by atoms with E-state index in [-0.39, 0.29) is 11.5 Å². The molecule has 0 aliphatic heterocycles. The lowest BCUT2D eigenvalue weighted by molar-refractivity contribution is 0.0596. The van der Waals surface area contributed by atoms with Gasteiger partial charge in [-0.25, -0.2) is 9.59 Å². The summed E-state index contributed by atoms with van der Waals surface area (Å²) in [7, 11) is 1.35. The van der Waals surface area contributed by atoms with Crippen LogP contribution in [0.2, 0.25) is 0 Å². The quantitative estimate of drug-likeness (QED) is 0.585. The minimum Gasteiger partial charge on any atom is -0.478 e. The smallest absolute Gasteiger partial charge is 0.338 e. The fourth-order valence-corrected chi connectivity index (χ4v) is 1.92. The Kier molecular flexibility index (Phi) is 6.84. The SMILES string of the molecule is COC(=O)c1ccccc1S.O=C(O)c1ccccc1S. The normalized spacial score (nSPS) is 9.29. The summed E-state index contributed by atoms with van der Waals surface area (Å²) in [6, 6.07) is 13.6. The Bertz CT molecular complexity index is 641. The first-order valence-electron chi connectivity index (χ1n) is 5.85. The highest BCUT2D eigenvalue weighted by molar-refractivity contribution is 7.80. The second kappa shape index (κ2) is 8.39. The van der Waals surface area contributed by atoms with Gasteiger partial charge in [0.15, 0.2) is 0 Å². The molecule has 2 rings (SSSR count). The number of carbonyl (C=O) groups excluding carboxylic acids is 1. The molecule has 0 aliphatic carbocycles. The summed E-state index contributed by atoms with van der Waals surface area (Å²) in [6.45, 7) is 0. The number of thiol groups is 2. The number of carbonyl (C=O) groups is 2. The van der Waals surface area contributed by atoms with Crippen LogP contribution in [0.5, 0.6) is 0 Å². The number of carboxylic acids is 1. The van der Waals surface area contributed by atoms with Gasteiger partial charge in [0.1, 0.15) is 0 Å². The molecule has 6 heteroatoms. The molecule has 0 saturated heterocycles. The van der Waals surface area contributed by atoms with Gasteiger partial charge < -0.3 is 9.84 Å². The number of rotatable bonds is 2. The molecule has 2 aromatic carbocycles. The molecule has 0 radical (unpaired) electrons. The van der Waals surface area contributed by atoms with Gasteiger partial charge in [-0.1, -0.05) is 24.3 Å². The molecule has 0 aliphatic rings.